The van der Waals surface area contributed by atoms with E-state index in [1.807, 2.05) is 48.7 Å². The van der Waals surface area contributed by atoms with E-state index in [0.717, 1.165) is 39.6 Å². The molecule has 3 aromatic rings. The van der Waals surface area contributed by atoms with Crippen molar-refractivity contribution in [3.8, 4) is 11.3 Å². The number of rotatable bonds is 3. The van der Waals surface area contributed by atoms with Crippen LogP contribution in [0.4, 0.5) is 11.4 Å². The van der Waals surface area contributed by atoms with Gasteiger partial charge in [-0.05, 0) is 49.2 Å². The summed E-state index contributed by atoms with van der Waals surface area (Å²) < 4.78 is 0. The molecule has 1 aliphatic heterocycles. The van der Waals surface area contributed by atoms with Gasteiger partial charge in [0.2, 0.25) is 5.91 Å². The SMILES string of the molecule is CC(=O)N1CCc2cc(C(=O)Nc3ccc(-c4csc(C)n4)cc3)ccc21. The van der Waals surface area contributed by atoms with E-state index in [0.29, 0.717) is 12.1 Å². The Kier molecular flexibility index (Phi) is 4.49. The molecule has 6 heteroatoms. The maximum absolute atomic E-state index is 12.6. The van der Waals surface area contributed by atoms with Crippen molar-refractivity contribution in [1.82, 2.24) is 4.98 Å². The second-order valence-corrected chi connectivity index (χ2v) is 7.61. The van der Waals surface area contributed by atoms with E-state index in [-0.39, 0.29) is 11.8 Å². The number of aromatic nitrogens is 1. The standard InChI is InChI=1S/C21H19N3O2S/c1-13-22-19(12-27-13)15-3-6-18(7-4-15)23-21(26)17-5-8-20-16(11-17)9-10-24(20)14(2)25/h3-8,11-12H,9-10H2,1-2H3,(H,23,26). The zero-order chi connectivity index (χ0) is 19.0. The van der Waals surface area contributed by atoms with Gasteiger partial charge in [0.1, 0.15) is 0 Å². The number of carbonyl (C=O) groups excluding carboxylic acids is 2. The number of aryl methyl sites for hydroxylation is 1. The molecular formula is C21H19N3O2S. The Morgan fingerprint density at radius 1 is 1.15 bits per heavy atom. The lowest BCUT2D eigenvalue weighted by Gasteiger charge is -2.14. The number of benzene rings is 2. The lowest BCUT2D eigenvalue weighted by atomic mass is 10.1. The zero-order valence-electron chi connectivity index (χ0n) is 15.2. The van der Waals surface area contributed by atoms with Gasteiger partial charge < -0.3 is 10.2 Å². The maximum atomic E-state index is 12.6. The average molecular weight is 377 g/mol. The van der Waals surface area contributed by atoms with Crippen molar-refractivity contribution in [2.75, 3.05) is 16.8 Å². The minimum Gasteiger partial charge on any atom is -0.322 e. The van der Waals surface area contributed by atoms with Gasteiger partial charge in [-0.25, -0.2) is 4.98 Å². The summed E-state index contributed by atoms with van der Waals surface area (Å²) >= 11 is 1.62. The molecule has 1 aromatic heterocycles. The molecule has 0 bridgehead atoms. The van der Waals surface area contributed by atoms with Crippen molar-refractivity contribution in [3.05, 3.63) is 64.0 Å². The number of hydrogen-bond donors (Lipinski definition) is 1. The second kappa shape index (κ2) is 6.96. The molecule has 0 atom stereocenters. The zero-order valence-corrected chi connectivity index (χ0v) is 16.0. The molecule has 27 heavy (non-hydrogen) atoms. The summed E-state index contributed by atoms with van der Waals surface area (Å²) in [5.74, 6) is -0.127. The van der Waals surface area contributed by atoms with Gasteiger partial charge in [-0.3, -0.25) is 9.59 Å². The van der Waals surface area contributed by atoms with E-state index in [9.17, 15) is 9.59 Å². The summed E-state index contributed by atoms with van der Waals surface area (Å²) in [4.78, 5) is 30.4. The first-order chi connectivity index (χ1) is 13.0. The van der Waals surface area contributed by atoms with Crippen LogP contribution < -0.4 is 10.2 Å². The van der Waals surface area contributed by atoms with E-state index in [1.165, 1.54) is 0 Å². The van der Waals surface area contributed by atoms with Crippen molar-refractivity contribution in [1.29, 1.82) is 0 Å². The molecule has 0 saturated carbocycles. The Bertz CT molecular complexity index is 1020. The predicted molar refractivity (Wildman–Crippen MR) is 108 cm³/mol. The highest BCUT2D eigenvalue weighted by atomic mass is 32.1. The number of anilines is 2. The fourth-order valence-electron chi connectivity index (χ4n) is 3.29. The molecule has 5 nitrogen and oxygen atoms in total. The summed E-state index contributed by atoms with van der Waals surface area (Å²) in [6.07, 6.45) is 0.776. The molecule has 0 fully saturated rings. The number of fused-ring (bicyclic) bond motifs is 1. The highest BCUT2D eigenvalue weighted by Crippen LogP contribution is 2.29. The fraction of sp³-hybridized carbons (Fsp3) is 0.190. The number of nitrogens with one attached hydrogen (secondary N) is 1. The molecule has 1 N–H and O–H groups in total. The Morgan fingerprint density at radius 3 is 2.59 bits per heavy atom. The first-order valence-corrected chi connectivity index (χ1v) is 9.64. The van der Waals surface area contributed by atoms with Crippen LogP contribution in [-0.2, 0) is 11.2 Å². The fourth-order valence-corrected chi connectivity index (χ4v) is 3.92. The monoisotopic (exact) mass is 377 g/mol. The van der Waals surface area contributed by atoms with Gasteiger partial charge in [0, 0.05) is 41.4 Å². The van der Waals surface area contributed by atoms with Crippen molar-refractivity contribution in [3.63, 3.8) is 0 Å². The predicted octanol–water partition coefficient (Wildman–Crippen LogP) is 4.28. The highest BCUT2D eigenvalue weighted by molar-refractivity contribution is 7.09. The van der Waals surface area contributed by atoms with Gasteiger partial charge in [-0.1, -0.05) is 12.1 Å². The van der Waals surface area contributed by atoms with Gasteiger partial charge in [-0.2, -0.15) is 0 Å². The van der Waals surface area contributed by atoms with Gasteiger partial charge in [0.15, 0.2) is 0 Å². The van der Waals surface area contributed by atoms with Crippen LogP contribution in [0.3, 0.4) is 0 Å². The number of thiazole rings is 1. The van der Waals surface area contributed by atoms with Crippen LogP contribution in [-0.4, -0.2) is 23.3 Å². The van der Waals surface area contributed by atoms with Gasteiger partial charge in [0.25, 0.3) is 5.91 Å². The molecule has 2 aromatic carbocycles. The molecule has 136 valence electrons. The Morgan fingerprint density at radius 2 is 1.93 bits per heavy atom. The first kappa shape index (κ1) is 17.4. The molecule has 0 saturated heterocycles. The van der Waals surface area contributed by atoms with Crippen LogP contribution in [0.2, 0.25) is 0 Å². The van der Waals surface area contributed by atoms with Crippen LogP contribution in [0, 0.1) is 6.92 Å². The van der Waals surface area contributed by atoms with E-state index in [4.69, 9.17) is 0 Å². The summed E-state index contributed by atoms with van der Waals surface area (Å²) in [7, 11) is 0. The van der Waals surface area contributed by atoms with Gasteiger partial charge in [0.05, 0.1) is 10.7 Å². The van der Waals surface area contributed by atoms with Crippen LogP contribution in [0.15, 0.2) is 47.8 Å². The number of nitrogens with zero attached hydrogens (tertiary/aromatic N) is 2. The minimum atomic E-state index is -0.156. The smallest absolute Gasteiger partial charge is 0.255 e. The molecule has 0 radical (unpaired) electrons. The van der Waals surface area contributed by atoms with Crippen LogP contribution in [0.1, 0.15) is 27.9 Å². The van der Waals surface area contributed by atoms with E-state index < -0.39 is 0 Å². The highest BCUT2D eigenvalue weighted by Gasteiger charge is 2.23. The third kappa shape index (κ3) is 3.48. The maximum Gasteiger partial charge on any atom is 0.255 e. The third-order valence-corrected chi connectivity index (χ3v) is 5.45. The Labute approximate surface area is 161 Å². The summed E-state index contributed by atoms with van der Waals surface area (Å²) in [6, 6.07) is 13.2. The first-order valence-electron chi connectivity index (χ1n) is 8.76. The van der Waals surface area contributed by atoms with E-state index in [2.05, 4.69) is 10.3 Å². The van der Waals surface area contributed by atoms with Crippen molar-refractivity contribution in [2.24, 2.45) is 0 Å². The quantitative estimate of drug-likeness (QED) is 0.741. The number of amides is 2. The van der Waals surface area contributed by atoms with Crippen molar-refractivity contribution in [2.45, 2.75) is 20.3 Å². The van der Waals surface area contributed by atoms with E-state index in [1.54, 1.807) is 29.2 Å². The summed E-state index contributed by atoms with van der Waals surface area (Å²) in [5.41, 5.74) is 5.25. The third-order valence-electron chi connectivity index (χ3n) is 4.67. The molecule has 0 unspecified atom stereocenters. The molecule has 0 aliphatic carbocycles. The molecule has 2 heterocycles. The lowest BCUT2D eigenvalue weighted by molar-refractivity contribution is -0.116. The number of hydrogen-bond acceptors (Lipinski definition) is 4. The van der Waals surface area contributed by atoms with Crippen molar-refractivity contribution < 1.29 is 9.59 Å². The molecule has 2 amide bonds. The van der Waals surface area contributed by atoms with Crippen LogP contribution >= 0.6 is 11.3 Å². The van der Waals surface area contributed by atoms with Gasteiger partial charge >= 0.3 is 0 Å². The van der Waals surface area contributed by atoms with Crippen LogP contribution in [0.5, 0.6) is 0 Å². The largest absolute Gasteiger partial charge is 0.322 e. The molecular weight excluding hydrogens is 358 g/mol. The lowest BCUT2D eigenvalue weighted by Crippen LogP contribution is -2.25. The Hall–Kier alpha value is -2.99. The molecule has 0 spiro atoms. The minimum absolute atomic E-state index is 0.0290. The molecule has 4 rings (SSSR count). The molecule has 1 aliphatic rings. The summed E-state index contributed by atoms with van der Waals surface area (Å²) in [6.45, 7) is 4.22. The van der Waals surface area contributed by atoms with Crippen LogP contribution in [0.25, 0.3) is 11.3 Å². The normalized spacial score (nSPS) is 12.7. The topological polar surface area (TPSA) is 62.3 Å². The second-order valence-electron chi connectivity index (χ2n) is 6.55. The Balaban J connectivity index is 1.49. The van der Waals surface area contributed by atoms with Gasteiger partial charge in [-0.15, -0.1) is 11.3 Å². The average Bonchev–Trinajstić information content (AvgIpc) is 3.28. The summed E-state index contributed by atoms with van der Waals surface area (Å²) in [5, 5.41) is 5.99. The van der Waals surface area contributed by atoms with E-state index >= 15 is 0 Å². The number of carbonyl (C=O) groups is 2. The van der Waals surface area contributed by atoms with Crippen molar-refractivity contribution >= 4 is 34.5 Å².